The van der Waals surface area contributed by atoms with Crippen molar-refractivity contribution in [2.75, 3.05) is 6.61 Å². The number of carbonyl (C=O) groups excluding carboxylic acids is 1. The number of nitrogens with zero attached hydrogens (tertiary/aromatic N) is 4. The molecule has 0 bridgehead atoms. The minimum Gasteiger partial charge on any atom is -0.489 e. The van der Waals surface area contributed by atoms with Crippen molar-refractivity contribution in [3.8, 4) is 22.7 Å². The fourth-order valence-electron chi connectivity index (χ4n) is 4.07. The smallest absolute Gasteiger partial charge is 0.407 e. The largest absolute Gasteiger partial charge is 0.489 e. The molecule has 10 heteroatoms. The number of ether oxygens (including phenoxy) is 2. The molecule has 1 aliphatic carbocycles. The number of hydrogen-bond donors (Lipinski definition) is 1. The van der Waals surface area contributed by atoms with E-state index in [1.54, 1.807) is 6.20 Å². The first-order chi connectivity index (χ1) is 16.7. The van der Waals surface area contributed by atoms with E-state index in [4.69, 9.17) is 9.47 Å². The summed E-state index contributed by atoms with van der Waals surface area (Å²) in [4.78, 5) is 20.4. The Labute approximate surface area is 202 Å². The van der Waals surface area contributed by atoms with Crippen LogP contribution in [0.4, 0.5) is 13.6 Å². The van der Waals surface area contributed by atoms with Gasteiger partial charge < -0.3 is 14.8 Å². The molecule has 0 atom stereocenters. The van der Waals surface area contributed by atoms with Crippen molar-refractivity contribution < 1.29 is 23.0 Å². The quantitative estimate of drug-likeness (QED) is 0.524. The Bertz CT molecular complexity index is 1150. The van der Waals surface area contributed by atoms with Gasteiger partial charge in [0.2, 0.25) is 0 Å². The minimum atomic E-state index is -0.712. The molecule has 1 N–H and O–H groups in total. The summed E-state index contributed by atoms with van der Waals surface area (Å²) in [6.45, 7) is 5.98. The number of benzene rings is 1. The van der Waals surface area contributed by atoms with Crippen LogP contribution in [0.15, 0.2) is 43.1 Å². The molecule has 1 saturated carbocycles. The van der Waals surface area contributed by atoms with Crippen molar-refractivity contribution in [3.63, 3.8) is 0 Å². The Morgan fingerprint density at radius 1 is 1.14 bits per heavy atom. The molecule has 0 spiro atoms. The highest BCUT2D eigenvalue weighted by Crippen LogP contribution is 2.30. The summed E-state index contributed by atoms with van der Waals surface area (Å²) in [6, 6.07) is 3.74. The molecule has 3 aromatic rings. The van der Waals surface area contributed by atoms with Crippen molar-refractivity contribution in [3.05, 3.63) is 54.8 Å². The maximum absolute atomic E-state index is 14.1. The second kappa shape index (κ2) is 10.4. The summed E-state index contributed by atoms with van der Waals surface area (Å²) < 4.78 is 40.8. The van der Waals surface area contributed by atoms with Crippen molar-refractivity contribution in [2.45, 2.75) is 58.1 Å². The van der Waals surface area contributed by atoms with E-state index in [9.17, 15) is 13.6 Å². The highest BCUT2D eigenvalue weighted by atomic mass is 19.1. The molecular weight excluding hydrogens is 456 g/mol. The fourth-order valence-corrected chi connectivity index (χ4v) is 4.07. The highest BCUT2D eigenvalue weighted by molar-refractivity contribution is 5.68. The van der Waals surface area contributed by atoms with Crippen LogP contribution in [0, 0.1) is 17.6 Å². The number of carbonyl (C=O) groups is 1. The van der Waals surface area contributed by atoms with Crippen molar-refractivity contribution in [1.29, 1.82) is 0 Å². The Balaban J connectivity index is 1.36. The van der Waals surface area contributed by atoms with Gasteiger partial charge in [0.25, 0.3) is 0 Å². The average Bonchev–Trinajstić information content (AvgIpc) is 3.27. The third-order valence-electron chi connectivity index (χ3n) is 5.74. The SMILES string of the molecule is CC(C)(C)OC(=O)NC1CCC(COc2cncnc2-c2cnn(-c3c(F)cccc3F)c2)CC1. The number of hydrogen-bond acceptors (Lipinski definition) is 6. The summed E-state index contributed by atoms with van der Waals surface area (Å²) in [5, 5.41) is 7.04. The van der Waals surface area contributed by atoms with Crippen molar-refractivity contribution in [2.24, 2.45) is 5.92 Å². The van der Waals surface area contributed by atoms with Gasteiger partial charge in [-0.2, -0.15) is 5.10 Å². The predicted octanol–water partition coefficient (Wildman–Crippen LogP) is 5.07. The standard InChI is InChI=1S/C25H29F2N5O3/c1-25(2,3)35-24(33)31-18-9-7-16(8-10-18)14-34-21-12-28-15-29-22(21)17-11-30-32(13-17)23-19(26)5-4-6-20(23)27/h4-6,11-13,15-16,18H,7-10,14H2,1-3H3,(H,31,33). The molecule has 4 rings (SSSR count). The number of alkyl carbamates (subject to hydrolysis) is 1. The van der Waals surface area contributed by atoms with E-state index in [-0.39, 0.29) is 17.8 Å². The fraction of sp³-hybridized carbons (Fsp3) is 0.440. The van der Waals surface area contributed by atoms with Crippen LogP contribution in [-0.2, 0) is 4.74 Å². The van der Waals surface area contributed by atoms with Crippen LogP contribution < -0.4 is 10.1 Å². The molecule has 0 saturated heterocycles. The summed E-state index contributed by atoms with van der Waals surface area (Å²) in [7, 11) is 0. The number of nitrogens with one attached hydrogen (secondary N) is 1. The number of halogens is 2. The van der Waals surface area contributed by atoms with Gasteiger partial charge in [-0.1, -0.05) is 6.07 Å². The minimum absolute atomic E-state index is 0.0846. The van der Waals surface area contributed by atoms with Crippen LogP contribution in [0.3, 0.4) is 0 Å². The first kappa shape index (κ1) is 24.6. The average molecular weight is 486 g/mol. The van der Waals surface area contributed by atoms with E-state index in [0.717, 1.165) is 30.4 Å². The molecule has 0 aliphatic heterocycles. The van der Waals surface area contributed by atoms with Gasteiger partial charge in [0.05, 0.1) is 19.0 Å². The molecule has 0 unspecified atom stereocenters. The van der Waals surface area contributed by atoms with Gasteiger partial charge in [-0.05, 0) is 64.5 Å². The molecule has 35 heavy (non-hydrogen) atoms. The predicted molar refractivity (Wildman–Crippen MR) is 125 cm³/mol. The molecule has 8 nitrogen and oxygen atoms in total. The van der Waals surface area contributed by atoms with Crippen LogP contribution in [0.1, 0.15) is 46.5 Å². The molecule has 1 aliphatic rings. The van der Waals surface area contributed by atoms with Gasteiger partial charge in [0.1, 0.15) is 23.3 Å². The number of aromatic nitrogens is 4. The van der Waals surface area contributed by atoms with Crippen LogP contribution in [0.5, 0.6) is 5.75 Å². The molecular formula is C25H29F2N5O3. The van der Waals surface area contributed by atoms with Gasteiger partial charge in [0.15, 0.2) is 17.4 Å². The highest BCUT2D eigenvalue weighted by Gasteiger charge is 2.25. The van der Waals surface area contributed by atoms with E-state index < -0.39 is 17.2 Å². The van der Waals surface area contributed by atoms with Gasteiger partial charge in [0, 0.05) is 17.8 Å². The second-order valence-corrected chi connectivity index (χ2v) is 9.65. The molecule has 2 aromatic heterocycles. The van der Waals surface area contributed by atoms with Crippen LogP contribution in [-0.4, -0.2) is 44.1 Å². The third-order valence-corrected chi connectivity index (χ3v) is 5.74. The Morgan fingerprint density at radius 3 is 2.54 bits per heavy atom. The number of rotatable bonds is 6. The topological polar surface area (TPSA) is 91.2 Å². The monoisotopic (exact) mass is 485 g/mol. The zero-order valence-corrected chi connectivity index (χ0v) is 20.0. The van der Waals surface area contributed by atoms with Crippen molar-refractivity contribution >= 4 is 6.09 Å². The summed E-state index contributed by atoms with van der Waals surface area (Å²) in [5.41, 5.74) is 0.260. The van der Waals surface area contributed by atoms with Gasteiger partial charge in [-0.3, -0.25) is 0 Å². The van der Waals surface area contributed by atoms with E-state index in [0.29, 0.717) is 29.5 Å². The van der Waals surface area contributed by atoms with Crippen LogP contribution in [0.2, 0.25) is 0 Å². The molecule has 1 aromatic carbocycles. The van der Waals surface area contributed by atoms with E-state index in [1.165, 1.54) is 36.9 Å². The molecule has 0 radical (unpaired) electrons. The summed E-state index contributed by atoms with van der Waals surface area (Å²) >= 11 is 0. The van der Waals surface area contributed by atoms with E-state index in [1.807, 2.05) is 20.8 Å². The normalized spacial score (nSPS) is 18.2. The summed E-state index contributed by atoms with van der Waals surface area (Å²) in [5.74, 6) is -0.642. The van der Waals surface area contributed by atoms with Crippen molar-refractivity contribution in [1.82, 2.24) is 25.1 Å². The van der Waals surface area contributed by atoms with Gasteiger partial charge in [-0.25, -0.2) is 28.2 Å². The Hall–Kier alpha value is -3.56. The molecule has 2 heterocycles. The maximum atomic E-state index is 14.1. The van der Waals surface area contributed by atoms with Crippen LogP contribution in [0.25, 0.3) is 16.9 Å². The number of amides is 1. The molecule has 1 fully saturated rings. The zero-order valence-electron chi connectivity index (χ0n) is 20.0. The lowest BCUT2D eigenvalue weighted by atomic mass is 9.86. The first-order valence-corrected chi connectivity index (χ1v) is 11.6. The lowest BCUT2D eigenvalue weighted by molar-refractivity contribution is 0.0483. The lowest BCUT2D eigenvalue weighted by Gasteiger charge is -2.30. The van der Waals surface area contributed by atoms with Gasteiger partial charge in [-0.15, -0.1) is 0 Å². The molecule has 186 valence electrons. The second-order valence-electron chi connectivity index (χ2n) is 9.65. The lowest BCUT2D eigenvalue weighted by Crippen LogP contribution is -2.41. The Kier molecular flexibility index (Phi) is 7.28. The first-order valence-electron chi connectivity index (χ1n) is 11.6. The Morgan fingerprint density at radius 2 is 1.86 bits per heavy atom. The zero-order chi connectivity index (χ0) is 25.0. The van der Waals surface area contributed by atoms with Gasteiger partial charge >= 0.3 is 6.09 Å². The van der Waals surface area contributed by atoms with Crippen LogP contribution >= 0.6 is 0 Å². The molecule has 1 amide bonds. The van der Waals surface area contributed by atoms with E-state index >= 15 is 0 Å². The number of para-hydroxylation sites is 1. The third kappa shape index (κ3) is 6.32. The van der Waals surface area contributed by atoms with E-state index in [2.05, 4.69) is 20.4 Å². The summed E-state index contributed by atoms with van der Waals surface area (Å²) in [6.07, 6.45) is 9.02. The maximum Gasteiger partial charge on any atom is 0.407 e.